The Morgan fingerprint density at radius 2 is 2.10 bits per heavy atom. The van der Waals surface area contributed by atoms with Gasteiger partial charge in [-0.3, -0.25) is 0 Å². The molecule has 0 aliphatic carbocycles. The highest BCUT2D eigenvalue weighted by Gasteiger charge is 2.35. The van der Waals surface area contributed by atoms with Crippen LogP contribution in [0.25, 0.3) is 0 Å². The number of hydrogen-bond acceptors (Lipinski definition) is 4. The van der Waals surface area contributed by atoms with E-state index >= 15 is 0 Å². The second-order valence-corrected chi connectivity index (χ2v) is 5.59. The van der Waals surface area contributed by atoms with E-state index in [1.54, 1.807) is 39.8 Å². The molecule has 0 radical (unpaired) electrons. The van der Waals surface area contributed by atoms with E-state index in [-0.39, 0.29) is 6.03 Å². The Balaban J connectivity index is 2.37. The first-order valence-corrected chi connectivity index (χ1v) is 6.33. The van der Waals surface area contributed by atoms with Gasteiger partial charge in [0.15, 0.2) is 0 Å². The molecule has 0 saturated heterocycles. The van der Waals surface area contributed by atoms with Gasteiger partial charge in [-0.2, -0.15) is 0 Å². The second-order valence-electron chi connectivity index (χ2n) is 5.59. The van der Waals surface area contributed by atoms with E-state index < -0.39 is 17.6 Å². The molecular formula is C14H18N2O4. The first kappa shape index (κ1) is 14.2. The zero-order valence-electron chi connectivity index (χ0n) is 11.9. The van der Waals surface area contributed by atoms with E-state index in [1.807, 2.05) is 0 Å². The number of carbonyl (C=O) groups is 2. The lowest BCUT2D eigenvalue weighted by atomic mass is 10.0. The molecule has 6 heteroatoms. The number of urea groups is 1. The number of hydrogen-bond donors (Lipinski definition) is 2. The third kappa shape index (κ3) is 3.01. The van der Waals surface area contributed by atoms with Crippen molar-refractivity contribution < 1.29 is 18.7 Å². The largest absolute Gasteiger partial charge is 0.467 e. The summed E-state index contributed by atoms with van der Waals surface area (Å²) in [6.45, 7) is 7.03. The van der Waals surface area contributed by atoms with Crippen LogP contribution in [0.3, 0.4) is 0 Å². The number of rotatable bonds is 2. The van der Waals surface area contributed by atoms with Crippen LogP contribution < -0.4 is 10.6 Å². The fourth-order valence-corrected chi connectivity index (χ4v) is 1.97. The minimum atomic E-state index is -0.645. The van der Waals surface area contributed by atoms with Crippen LogP contribution >= 0.6 is 0 Å². The van der Waals surface area contributed by atoms with E-state index in [0.29, 0.717) is 17.0 Å². The summed E-state index contributed by atoms with van der Waals surface area (Å²) >= 11 is 0. The molecule has 1 aromatic heterocycles. The quantitative estimate of drug-likeness (QED) is 0.813. The highest BCUT2D eigenvalue weighted by molar-refractivity contribution is 5.95. The monoisotopic (exact) mass is 278 g/mol. The topological polar surface area (TPSA) is 80.6 Å². The Labute approximate surface area is 117 Å². The number of esters is 1. The molecule has 6 nitrogen and oxygen atoms in total. The van der Waals surface area contributed by atoms with Crippen molar-refractivity contribution >= 4 is 12.0 Å². The van der Waals surface area contributed by atoms with E-state index in [0.717, 1.165) is 0 Å². The fourth-order valence-electron chi connectivity index (χ4n) is 1.97. The first-order chi connectivity index (χ1) is 9.28. The van der Waals surface area contributed by atoms with Crippen molar-refractivity contribution in [3.8, 4) is 0 Å². The van der Waals surface area contributed by atoms with Gasteiger partial charge >= 0.3 is 12.0 Å². The number of allylic oxidation sites excluding steroid dienone is 1. The maximum atomic E-state index is 12.3. The normalized spacial score (nSPS) is 19.4. The van der Waals surface area contributed by atoms with Crippen LogP contribution in [0.15, 0.2) is 34.1 Å². The third-order valence-corrected chi connectivity index (χ3v) is 2.72. The molecule has 0 aromatic carbocycles. The Kier molecular flexibility index (Phi) is 3.57. The highest BCUT2D eigenvalue weighted by Crippen LogP contribution is 2.28. The lowest BCUT2D eigenvalue weighted by Crippen LogP contribution is -2.45. The maximum Gasteiger partial charge on any atom is 0.338 e. The standard InChI is InChI=1S/C14H18N2O4/c1-8-10(12(17)20-14(2,3)4)11(16-13(18)15-8)9-6-5-7-19-9/h5-7,11H,1-4H3,(H2,15,16,18)/t11-/m0/s1. The van der Waals surface area contributed by atoms with Crippen LogP contribution in [0.4, 0.5) is 4.79 Å². The van der Waals surface area contributed by atoms with Crippen LogP contribution in [0.2, 0.25) is 0 Å². The molecule has 0 spiro atoms. The van der Waals surface area contributed by atoms with Crippen LogP contribution in [0.1, 0.15) is 39.5 Å². The van der Waals surface area contributed by atoms with Gasteiger partial charge in [0.05, 0.1) is 11.8 Å². The molecule has 0 saturated carbocycles. The maximum absolute atomic E-state index is 12.3. The highest BCUT2D eigenvalue weighted by atomic mass is 16.6. The number of furan rings is 1. The summed E-state index contributed by atoms with van der Waals surface area (Å²) in [5, 5.41) is 5.24. The molecule has 2 N–H and O–H groups in total. The van der Waals surface area contributed by atoms with Crippen molar-refractivity contribution in [3.63, 3.8) is 0 Å². The molecule has 108 valence electrons. The summed E-state index contributed by atoms with van der Waals surface area (Å²) in [7, 11) is 0. The number of nitrogens with one attached hydrogen (secondary N) is 2. The number of amides is 2. The average molecular weight is 278 g/mol. The van der Waals surface area contributed by atoms with Crippen molar-refractivity contribution in [1.29, 1.82) is 0 Å². The summed E-state index contributed by atoms with van der Waals surface area (Å²) in [5.41, 5.74) is 0.193. The summed E-state index contributed by atoms with van der Waals surface area (Å²) in [5.74, 6) is 0.00367. The Morgan fingerprint density at radius 3 is 2.65 bits per heavy atom. The van der Waals surface area contributed by atoms with Gasteiger partial charge in [-0.15, -0.1) is 0 Å². The van der Waals surface area contributed by atoms with Crippen molar-refractivity contribution in [3.05, 3.63) is 35.4 Å². The van der Waals surface area contributed by atoms with Gasteiger partial charge in [0.25, 0.3) is 0 Å². The molecule has 2 rings (SSSR count). The van der Waals surface area contributed by atoms with Crippen LogP contribution in [0, 0.1) is 0 Å². The average Bonchev–Trinajstić information content (AvgIpc) is 2.77. The molecule has 1 aliphatic heterocycles. The summed E-state index contributed by atoms with van der Waals surface area (Å²) < 4.78 is 10.7. The Morgan fingerprint density at radius 1 is 1.40 bits per heavy atom. The van der Waals surface area contributed by atoms with Gasteiger partial charge in [-0.05, 0) is 39.8 Å². The molecule has 20 heavy (non-hydrogen) atoms. The van der Waals surface area contributed by atoms with E-state index in [1.165, 1.54) is 6.26 Å². The molecular weight excluding hydrogens is 260 g/mol. The van der Waals surface area contributed by atoms with Crippen molar-refractivity contribution in [1.82, 2.24) is 10.6 Å². The number of carbonyl (C=O) groups excluding carboxylic acids is 2. The smallest absolute Gasteiger partial charge is 0.338 e. The first-order valence-electron chi connectivity index (χ1n) is 6.33. The van der Waals surface area contributed by atoms with Crippen LogP contribution in [-0.4, -0.2) is 17.6 Å². The predicted molar refractivity (Wildman–Crippen MR) is 71.7 cm³/mol. The minimum absolute atomic E-state index is 0.342. The van der Waals surface area contributed by atoms with Crippen LogP contribution in [-0.2, 0) is 9.53 Å². The Bertz CT molecular complexity index is 552. The lowest BCUT2D eigenvalue weighted by Gasteiger charge is -2.28. The van der Waals surface area contributed by atoms with Crippen molar-refractivity contribution in [2.24, 2.45) is 0 Å². The molecule has 2 amide bonds. The number of ether oxygens (including phenoxy) is 1. The van der Waals surface area contributed by atoms with Crippen molar-refractivity contribution in [2.75, 3.05) is 0 Å². The summed E-state index contributed by atoms with van der Waals surface area (Å²) in [6.07, 6.45) is 1.49. The molecule has 0 bridgehead atoms. The molecule has 0 unspecified atom stereocenters. The van der Waals surface area contributed by atoms with Gasteiger partial charge in [0.1, 0.15) is 17.4 Å². The molecule has 1 aromatic rings. The lowest BCUT2D eigenvalue weighted by molar-refractivity contribution is -0.150. The summed E-state index contributed by atoms with van der Waals surface area (Å²) in [6, 6.07) is 2.38. The van der Waals surface area contributed by atoms with Gasteiger partial charge in [-0.1, -0.05) is 0 Å². The SMILES string of the molecule is CC1=C(C(=O)OC(C)(C)C)[C@H](c2ccco2)NC(=O)N1. The molecule has 1 aliphatic rings. The fraction of sp³-hybridized carbons (Fsp3) is 0.429. The van der Waals surface area contributed by atoms with E-state index in [4.69, 9.17) is 9.15 Å². The van der Waals surface area contributed by atoms with Gasteiger partial charge < -0.3 is 19.8 Å². The van der Waals surface area contributed by atoms with Gasteiger partial charge in [0.2, 0.25) is 0 Å². The van der Waals surface area contributed by atoms with Gasteiger partial charge in [0, 0.05) is 5.70 Å². The second kappa shape index (κ2) is 5.03. The van der Waals surface area contributed by atoms with Gasteiger partial charge in [-0.25, -0.2) is 9.59 Å². The van der Waals surface area contributed by atoms with Crippen LogP contribution in [0.5, 0.6) is 0 Å². The zero-order chi connectivity index (χ0) is 14.9. The predicted octanol–water partition coefficient (Wildman–Crippen LogP) is 2.25. The van der Waals surface area contributed by atoms with E-state index in [2.05, 4.69) is 10.6 Å². The minimum Gasteiger partial charge on any atom is -0.467 e. The molecule has 2 heterocycles. The van der Waals surface area contributed by atoms with E-state index in [9.17, 15) is 9.59 Å². The molecule has 1 atom stereocenters. The van der Waals surface area contributed by atoms with Crippen molar-refractivity contribution in [2.45, 2.75) is 39.3 Å². The molecule has 0 fully saturated rings. The summed E-state index contributed by atoms with van der Waals surface area (Å²) in [4.78, 5) is 23.9. The Hall–Kier alpha value is -2.24. The zero-order valence-corrected chi connectivity index (χ0v) is 11.9. The third-order valence-electron chi connectivity index (χ3n) is 2.72.